The average Bonchev–Trinajstić information content (AvgIpc) is 2.42. The Morgan fingerprint density at radius 2 is 1.16 bits per heavy atom. The zero-order valence-electron chi connectivity index (χ0n) is 13.2. The van der Waals surface area contributed by atoms with Gasteiger partial charge in [0.1, 0.15) is 0 Å². The fourth-order valence-electron chi connectivity index (χ4n) is 3.34. The van der Waals surface area contributed by atoms with Crippen LogP contribution in [0.1, 0.15) is 77.0 Å². The average molecular weight is 270 g/mol. The van der Waals surface area contributed by atoms with Crippen molar-refractivity contribution in [3.05, 3.63) is 0 Å². The first-order valence-corrected chi connectivity index (χ1v) is 8.71. The van der Waals surface area contributed by atoms with Crippen LogP contribution in [0.4, 0.5) is 0 Å². The predicted molar refractivity (Wildman–Crippen MR) is 83.3 cm³/mol. The van der Waals surface area contributed by atoms with Gasteiger partial charge in [-0.3, -0.25) is 0 Å². The van der Waals surface area contributed by atoms with Gasteiger partial charge in [-0.25, -0.2) is 0 Å². The lowest BCUT2D eigenvalue weighted by Gasteiger charge is -2.37. The Kier molecular flexibility index (Phi) is 9.54. The van der Waals surface area contributed by atoms with Gasteiger partial charge >= 0.3 is 0 Å². The Hall–Kier alpha value is -0.0800. The third kappa shape index (κ3) is 8.65. The molecule has 2 heteroatoms. The van der Waals surface area contributed by atoms with Crippen LogP contribution in [0.15, 0.2) is 0 Å². The number of unbranched alkanes of at least 4 members (excludes halogenated alkanes) is 8. The molecule has 0 radical (unpaired) electrons. The van der Waals surface area contributed by atoms with Crippen LogP contribution in [0.3, 0.4) is 0 Å². The van der Waals surface area contributed by atoms with Gasteiger partial charge in [-0.15, -0.1) is 0 Å². The molecule has 0 amide bonds. The second-order valence-corrected chi connectivity index (χ2v) is 6.76. The van der Waals surface area contributed by atoms with Crippen LogP contribution in [0.2, 0.25) is 0 Å². The number of nitrogens with zero attached hydrogens (tertiary/aromatic N) is 1. The van der Waals surface area contributed by atoms with E-state index in [2.05, 4.69) is 7.05 Å². The number of likely N-dealkylation sites (tertiary alicyclic amines) is 1. The molecule has 0 spiro atoms. The summed E-state index contributed by atoms with van der Waals surface area (Å²) in [5.41, 5.74) is 0. The third-order valence-corrected chi connectivity index (χ3v) is 4.75. The number of piperidine rings is 1. The topological polar surface area (TPSA) is 20.2 Å². The van der Waals surface area contributed by atoms with E-state index in [1.807, 2.05) is 0 Å². The molecule has 0 unspecified atom stereocenters. The van der Waals surface area contributed by atoms with Gasteiger partial charge in [0.2, 0.25) is 0 Å². The van der Waals surface area contributed by atoms with Crippen LogP contribution in [0, 0.1) is 0 Å². The highest BCUT2D eigenvalue weighted by molar-refractivity contribution is 4.53. The maximum atomic E-state index is 8.69. The lowest BCUT2D eigenvalue weighted by molar-refractivity contribution is -0.914. The molecular weight excluding hydrogens is 234 g/mol. The third-order valence-electron chi connectivity index (χ3n) is 4.75. The van der Waals surface area contributed by atoms with Crippen molar-refractivity contribution in [1.82, 2.24) is 0 Å². The maximum absolute atomic E-state index is 8.69. The summed E-state index contributed by atoms with van der Waals surface area (Å²) in [5, 5.41) is 8.69. The van der Waals surface area contributed by atoms with Crippen LogP contribution in [0.25, 0.3) is 0 Å². The Bertz CT molecular complexity index is 199. The quantitative estimate of drug-likeness (QED) is 0.442. The monoisotopic (exact) mass is 270 g/mol. The molecule has 1 aliphatic heterocycles. The summed E-state index contributed by atoms with van der Waals surface area (Å²) in [7, 11) is 2.46. The summed E-state index contributed by atoms with van der Waals surface area (Å²) in [5.74, 6) is 0. The SMILES string of the molecule is C[N+]1(CCCCCCCCCCCO)CCCCC1. The first-order chi connectivity index (χ1) is 9.27. The molecule has 2 nitrogen and oxygen atoms in total. The number of aliphatic hydroxyl groups is 1. The number of hydrogen-bond donors (Lipinski definition) is 1. The highest BCUT2D eigenvalue weighted by atomic mass is 16.2. The van der Waals surface area contributed by atoms with Crippen LogP contribution >= 0.6 is 0 Å². The van der Waals surface area contributed by atoms with Crippen molar-refractivity contribution in [2.24, 2.45) is 0 Å². The molecule has 1 saturated heterocycles. The smallest absolute Gasteiger partial charge is 0.0784 e. The number of rotatable bonds is 11. The molecule has 19 heavy (non-hydrogen) atoms. The summed E-state index contributed by atoms with van der Waals surface area (Å²) >= 11 is 0. The Labute approximate surface area is 120 Å². The Morgan fingerprint density at radius 1 is 0.684 bits per heavy atom. The van der Waals surface area contributed by atoms with E-state index in [4.69, 9.17) is 5.11 Å². The molecule has 0 aliphatic carbocycles. The molecule has 1 aliphatic rings. The van der Waals surface area contributed by atoms with Gasteiger partial charge in [-0.05, 0) is 38.5 Å². The number of quaternary nitrogens is 1. The van der Waals surface area contributed by atoms with Crippen LogP contribution in [-0.2, 0) is 0 Å². The molecule has 1 rings (SSSR count). The van der Waals surface area contributed by atoms with E-state index in [1.54, 1.807) is 0 Å². The summed E-state index contributed by atoms with van der Waals surface area (Å²) in [6.45, 7) is 4.63. The molecule has 1 fully saturated rings. The zero-order valence-corrected chi connectivity index (χ0v) is 13.2. The fraction of sp³-hybridized carbons (Fsp3) is 1.00. The van der Waals surface area contributed by atoms with Gasteiger partial charge in [-0.1, -0.05) is 38.5 Å². The Morgan fingerprint density at radius 3 is 1.68 bits per heavy atom. The zero-order chi connectivity index (χ0) is 13.8. The second-order valence-electron chi connectivity index (χ2n) is 6.76. The lowest BCUT2D eigenvalue weighted by Crippen LogP contribution is -2.48. The van der Waals surface area contributed by atoms with Gasteiger partial charge in [-0.2, -0.15) is 0 Å². The van der Waals surface area contributed by atoms with Gasteiger partial charge in [0.15, 0.2) is 0 Å². The highest BCUT2D eigenvalue weighted by Crippen LogP contribution is 2.18. The van der Waals surface area contributed by atoms with Crippen molar-refractivity contribution in [3.63, 3.8) is 0 Å². The molecule has 0 bridgehead atoms. The largest absolute Gasteiger partial charge is 0.396 e. The van der Waals surface area contributed by atoms with Crippen molar-refractivity contribution >= 4 is 0 Å². The van der Waals surface area contributed by atoms with E-state index in [1.165, 1.54) is 94.7 Å². The maximum Gasteiger partial charge on any atom is 0.0784 e. The molecule has 0 aromatic carbocycles. The van der Waals surface area contributed by atoms with Gasteiger partial charge in [0, 0.05) is 6.61 Å². The van der Waals surface area contributed by atoms with E-state index in [0.29, 0.717) is 6.61 Å². The highest BCUT2D eigenvalue weighted by Gasteiger charge is 2.23. The van der Waals surface area contributed by atoms with Crippen LogP contribution in [0.5, 0.6) is 0 Å². The first-order valence-electron chi connectivity index (χ1n) is 8.71. The standard InChI is InChI=1S/C17H36NO/c1-18(15-11-9-12-16-18)14-10-7-5-3-2-4-6-8-13-17-19/h19H,2-17H2,1H3/q+1. The van der Waals surface area contributed by atoms with Crippen molar-refractivity contribution in [2.45, 2.75) is 77.0 Å². The predicted octanol–water partition coefficient (Wildman–Crippen LogP) is 4.12. The van der Waals surface area contributed by atoms with E-state index in [0.717, 1.165) is 6.42 Å². The van der Waals surface area contributed by atoms with Crippen molar-refractivity contribution in [2.75, 3.05) is 33.3 Å². The first kappa shape index (κ1) is 17.0. The Balaban J connectivity index is 1.83. The summed E-state index contributed by atoms with van der Waals surface area (Å²) < 4.78 is 1.35. The molecular formula is C17H36NO+. The van der Waals surface area contributed by atoms with Gasteiger partial charge < -0.3 is 9.59 Å². The molecule has 0 aromatic heterocycles. The minimum Gasteiger partial charge on any atom is -0.396 e. The van der Waals surface area contributed by atoms with Crippen LogP contribution < -0.4 is 0 Å². The summed E-state index contributed by atoms with van der Waals surface area (Å²) in [6, 6.07) is 0. The molecule has 1 N–H and O–H groups in total. The molecule has 0 aromatic rings. The second kappa shape index (κ2) is 10.7. The minimum absolute atomic E-state index is 0.372. The normalized spacial score (nSPS) is 18.6. The molecule has 0 saturated carbocycles. The molecule has 114 valence electrons. The van der Waals surface area contributed by atoms with E-state index in [9.17, 15) is 0 Å². The van der Waals surface area contributed by atoms with E-state index >= 15 is 0 Å². The molecule has 0 atom stereocenters. The van der Waals surface area contributed by atoms with Crippen LogP contribution in [-0.4, -0.2) is 42.9 Å². The van der Waals surface area contributed by atoms with Crippen molar-refractivity contribution in [1.29, 1.82) is 0 Å². The van der Waals surface area contributed by atoms with Gasteiger partial charge in [0.25, 0.3) is 0 Å². The fourth-order valence-corrected chi connectivity index (χ4v) is 3.34. The number of hydrogen-bond acceptors (Lipinski definition) is 1. The van der Waals surface area contributed by atoms with Crippen molar-refractivity contribution < 1.29 is 9.59 Å². The van der Waals surface area contributed by atoms with E-state index < -0.39 is 0 Å². The molecule has 1 heterocycles. The minimum atomic E-state index is 0.372. The summed E-state index contributed by atoms with van der Waals surface area (Å²) in [6.07, 6.45) is 16.4. The van der Waals surface area contributed by atoms with E-state index in [-0.39, 0.29) is 0 Å². The summed E-state index contributed by atoms with van der Waals surface area (Å²) in [4.78, 5) is 0. The van der Waals surface area contributed by atoms with Gasteiger partial charge in [0.05, 0.1) is 26.7 Å². The number of aliphatic hydroxyl groups excluding tert-OH is 1. The van der Waals surface area contributed by atoms with Crippen molar-refractivity contribution in [3.8, 4) is 0 Å². The lowest BCUT2D eigenvalue weighted by atomic mass is 10.1.